The van der Waals surface area contributed by atoms with Gasteiger partial charge in [0.25, 0.3) is 5.69 Å². The molecule has 0 aromatic heterocycles. The Morgan fingerprint density at radius 2 is 2.25 bits per heavy atom. The Kier molecular flexibility index (Phi) is 3.64. The molecule has 0 aliphatic carbocycles. The fourth-order valence-corrected chi connectivity index (χ4v) is 1.72. The number of halogens is 1. The molecule has 1 N–H and O–H groups in total. The smallest absolute Gasteiger partial charge is 0.336 e. The van der Waals surface area contributed by atoms with Gasteiger partial charge in [-0.1, -0.05) is 5.11 Å². The zero-order chi connectivity index (χ0) is 12.3. The van der Waals surface area contributed by atoms with Crippen LogP contribution in [0.3, 0.4) is 0 Å². The third kappa shape index (κ3) is 2.38. The molecule has 1 aromatic carbocycles. The molecule has 0 heterocycles. The van der Waals surface area contributed by atoms with Gasteiger partial charge >= 0.3 is 5.97 Å². The van der Waals surface area contributed by atoms with E-state index in [-0.39, 0.29) is 14.9 Å². The van der Waals surface area contributed by atoms with Gasteiger partial charge in [0.1, 0.15) is 0 Å². The van der Waals surface area contributed by atoms with Crippen molar-refractivity contribution in [1.82, 2.24) is 0 Å². The number of non-ortho nitro benzene ring substituents is 1. The second-order valence-electron chi connectivity index (χ2n) is 2.58. The lowest BCUT2D eigenvalue weighted by Crippen LogP contribution is -2.00. The Morgan fingerprint density at radius 1 is 1.62 bits per heavy atom. The van der Waals surface area contributed by atoms with E-state index in [1.165, 1.54) is 0 Å². The first-order valence-corrected chi connectivity index (χ1v) is 4.81. The summed E-state index contributed by atoms with van der Waals surface area (Å²) in [6, 6.07) is 1.99. The number of nitro benzene ring substituents is 1. The van der Waals surface area contributed by atoms with Crippen LogP contribution in [-0.2, 0) is 0 Å². The van der Waals surface area contributed by atoms with E-state index < -0.39 is 16.5 Å². The normalized spacial score (nSPS) is 9.31. The van der Waals surface area contributed by atoms with Crippen molar-refractivity contribution in [3.8, 4) is 0 Å². The number of aromatic carboxylic acids is 1. The third-order valence-electron chi connectivity index (χ3n) is 1.63. The van der Waals surface area contributed by atoms with Gasteiger partial charge in [0.2, 0.25) is 0 Å². The molecule has 0 radical (unpaired) electrons. The number of hydrogen-bond donors (Lipinski definition) is 1. The van der Waals surface area contributed by atoms with E-state index in [0.717, 1.165) is 12.1 Å². The summed E-state index contributed by atoms with van der Waals surface area (Å²) in [6.45, 7) is 0. The molecule has 0 fully saturated rings. The quantitative estimate of drug-likeness (QED) is 0.227. The van der Waals surface area contributed by atoms with E-state index in [9.17, 15) is 14.9 Å². The SMILES string of the molecule is [N-]=[N+]=Nc1c(I)cc([N+](=O)[O-])cc1C(=O)O. The van der Waals surface area contributed by atoms with E-state index >= 15 is 0 Å². The molecule has 0 saturated carbocycles. The molecule has 8 nitrogen and oxygen atoms in total. The fraction of sp³-hybridized carbons (Fsp3) is 0. The Morgan fingerprint density at radius 3 is 2.69 bits per heavy atom. The summed E-state index contributed by atoms with van der Waals surface area (Å²) < 4.78 is 0.210. The number of carbonyl (C=O) groups is 1. The maximum atomic E-state index is 10.8. The van der Waals surface area contributed by atoms with Gasteiger partial charge in [-0.2, -0.15) is 0 Å². The molecular formula is C7H3IN4O4. The number of rotatable bonds is 3. The van der Waals surface area contributed by atoms with E-state index in [1.807, 2.05) is 0 Å². The van der Waals surface area contributed by atoms with Gasteiger partial charge in [0, 0.05) is 20.6 Å². The molecule has 0 bridgehead atoms. The molecule has 0 amide bonds. The van der Waals surface area contributed by atoms with Crippen molar-refractivity contribution >= 4 is 39.9 Å². The van der Waals surface area contributed by atoms with E-state index in [2.05, 4.69) is 10.0 Å². The minimum Gasteiger partial charge on any atom is -0.478 e. The largest absolute Gasteiger partial charge is 0.478 e. The van der Waals surface area contributed by atoms with Gasteiger partial charge in [-0.25, -0.2) is 4.79 Å². The number of carboxylic acid groups (broad SMARTS) is 1. The van der Waals surface area contributed by atoms with Crippen molar-refractivity contribution < 1.29 is 14.8 Å². The Hall–Kier alpha value is -1.87. The molecule has 82 valence electrons. The molecule has 0 spiro atoms. The fourth-order valence-electron chi connectivity index (χ4n) is 1.000. The molecule has 1 rings (SSSR count). The van der Waals surface area contributed by atoms with Gasteiger partial charge in [-0.3, -0.25) is 10.1 Å². The van der Waals surface area contributed by atoms with Crippen molar-refractivity contribution in [2.75, 3.05) is 0 Å². The number of nitro groups is 1. The summed E-state index contributed by atoms with van der Waals surface area (Å²) in [5.74, 6) is -1.39. The maximum Gasteiger partial charge on any atom is 0.336 e. The zero-order valence-electron chi connectivity index (χ0n) is 7.49. The van der Waals surface area contributed by atoms with Crippen LogP contribution in [0.4, 0.5) is 11.4 Å². The van der Waals surface area contributed by atoms with Crippen LogP contribution in [-0.4, -0.2) is 16.0 Å². The van der Waals surface area contributed by atoms with E-state index in [1.54, 1.807) is 22.6 Å². The highest BCUT2D eigenvalue weighted by Gasteiger charge is 2.18. The monoisotopic (exact) mass is 334 g/mol. The van der Waals surface area contributed by atoms with Gasteiger partial charge < -0.3 is 5.11 Å². The van der Waals surface area contributed by atoms with Crippen molar-refractivity contribution in [3.05, 3.63) is 41.8 Å². The van der Waals surface area contributed by atoms with Crippen molar-refractivity contribution in [2.45, 2.75) is 0 Å². The molecule has 0 atom stereocenters. The van der Waals surface area contributed by atoms with Gasteiger partial charge in [0.15, 0.2) is 0 Å². The average molecular weight is 334 g/mol. The maximum absolute atomic E-state index is 10.8. The second kappa shape index (κ2) is 4.77. The first kappa shape index (κ1) is 12.2. The van der Waals surface area contributed by atoms with E-state index in [0.29, 0.717) is 0 Å². The molecule has 9 heteroatoms. The highest BCUT2D eigenvalue weighted by atomic mass is 127. The standard InChI is InChI=1S/C7H3IN4O4/c8-5-2-3(12(15)16)1-4(7(13)14)6(5)10-11-9/h1-2H,(H,13,14). The molecule has 0 unspecified atom stereocenters. The van der Waals surface area contributed by atoms with Gasteiger partial charge in [0.05, 0.1) is 16.2 Å². The number of hydrogen-bond acceptors (Lipinski definition) is 4. The van der Waals surface area contributed by atoms with Crippen LogP contribution < -0.4 is 0 Å². The van der Waals surface area contributed by atoms with Crippen LogP contribution in [0.1, 0.15) is 10.4 Å². The minimum absolute atomic E-state index is 0.124. The summed E-state index contributed by atoms with van der Waals surface area (Å²) in [4.78, 5) is 23.1. The van der Waals surface area contributed by atoms with Crippen LogP contribution in [0, 0.1) is 13.7 Å². The topological polar surface area (TPSA) is 129 Å². The molecule has 0 aliphatic heterocycles. The summed E-state index contributed by atoms with van der Waals surface area (Å²) in [5, 5.41) is 22.5. The van der Waals surface area contributed by atoms with Crippen LogP contribution in [0.15, 0.2) is 17.2 Å². The number of carboxylic acids is 1. The Balaban J connectivity index is 3.57. The third-order valence-corrected chi connectivity index (χ3v) is 2.46. The van der Waals surface area contributed by atoms with Crippen LogP contribution in [0.2, 0.25) is 0 Å². The van der Waals surface area contributed by atoms with Crippen LogP contribution in [0.5, 0.6) is 0 Å². The summed E-state index contributed by atoms with van der Waals surface area (Å²) in [6.07, 6.45) is 0. The zero-order valence-corrected chi connectivity index (χ0v) is 9.65. The predicted octanol–water partition coefficient (Wildman–Crippen LogP) is 2.84. The molecule has 16 heavy (non-hydrogen) atoms. The van der Waals surface area contributed by atoms with Gasteiger partial charge in [-0.15, -0.1) is 0 Å². The number of nitrogens with zero attached hydrogens (tertiary/aromatic N) is 4. The van der Waals surface area contributed by atoms with Crippen molar-refractivity contribution in [3.63, 3.8) is 0 Å². The Labute approximate surface area is 102 Å². The number of benzene rings is 1. The molecule has 0 aliphatic rings. The van der Waals surface area contributed by atoms with Crippen molar-refractivity contribution in [1.29, 1.82) is 0 Å². The lowest BCUT2D eigenvalue weighted by Gasteiger charge is -2.02. The number of azide groups is 1. The lowest BCUT2D eigenvalue weighted by atomic mass is 10.1. The summed E-state index contributed by atoms with van der Waals surface area (Å²) >= 11 is 1.67. The molecule has 0 saturated heterocycles. The minimum atomic E-state index is -1.39. The van der Waals surface area contributed by atoms with Crippen LogP contribution >= 0.6 is 22.6 Å². The first-order chi connectivity index (χ1) is 7.47. The van der Waals surface area contributed by atoms with Gasteiger partial charge in [-0.05, 0) is 28.1 Å². The predicted molar refractivity (Wildman–Crippen MR) is 61.6 cm³/mol. The van der Waals surface area contributed by atoms with Crippen molar-refractivity contribution in [2.24, 2.45) is 5.11 Å². The first-order valence-electron chi connectivity index (χ1n) is 3.73. The highest BCUT2D eigenvalue weighted by Crippen LogP contribution is 2.31. The van der Waals surface area contributed by atoms with Crippen LogP contribution in [0.25, 0.3) is 10.4 Å². The summed E-state index contributed by atoms with van der Waals surface area (Å²) in [5.41, 5.74) is 7.38. The molecular weight excluding hydrogens is 331 g/mol. The van der Waals surface area contributed by atoms with E-state index in [4.69, 9.17) is 10.6 Å². The Bertz CT molecular complexity index is 523. The lowest BCUT2D eigenvalue weighted by molar-refractivity contribution is -0.385. The highest BCUT2D eigenvalue weighted by molar-refractivity contribution is 14.1. The molecule has 1 aromatic rings. The summed E-state index contributed by atoms with van der Waals surface area (Å²) in [7, 11) is 0. The average Bonchev–Trinajstić information content (AvgIpc) is 2.20. The second-order valence-corrected chi connectivity index (χ2v) is 3.74.